The summed E-state index contributed by atoms with van der Waals surface area (Å²) >= 11 is 0. The lowest BCUT2D eigenvalue weighted by Gasteiger charge is -2.09. The van der Waals surface area contributed by atoms with Crippen LogP contribution in [0.5, 0.6) is 11.5 Å². The minimum absolute atomic E-state index is 0.408. The summed E-state index contributed by atoms with van der Waals surface area (Å²) in [6.07, 6.45) is -4.37. The SMILES string of the molecule is FC(F)(F)COP1Oc2ccccc2O1. The highest BCUT2D eigenvalue weighted by molar-refractivity contribution is 7.43. The van der Waals surface area contributed by atoms with E-state index in [0.717, 1.165) is 0 Å². The van der Waals surface area contributed by atoms with Crippen molar-refractivity contribution in [2.45, 2.75) is 6.18 Å². The second kappa shape index (κ2) is 3.87. The van der Waals surface area contributed by atoms with E-state index in [9.17, 15) is 13.2 Å². The van der Waals surface area contributed by atoms with Crippen LogP contribution in [0.15, 0.2) is 24.3 Å². The van der Waals surface area contributed by atoms with Crippen LogP contribution in [0.3, 0.4) is 0 Å². The molecular formula is C8H6F3O3P. The van der Waals surface area contributed by atoms with Crippen LogP contribution >= 0.6 is 8.60 Å². The summed E-state index contributed by atoms with van der Waals surface area (Å²) in [7, 11) is -1.96. The fraction of sp³-hybridized carbons (Fsp3) is 0.250. The monoisotopic (exact) mass is 238 g/mol. The number of rotatable bonds is 2. The minimum atomic E-state index is -4.37. The molecular weight excluding hydrogens is 232 g/mol. The van der Waals surface area contributed by atoms with Crippen molar-refractivity contribution in [3.8, 4) is 11.5 Å². The molecule has 0 spiro atoms. The Morgan fingerprint density at radius 1 is 1.13 bits per heavy atom. The third-order valence-corrected chi connectivity index (χ3v) is 2.56. The standard InChI is InChI=1S/C8H6F3O3P/c9-8(10,11)5-12-15-13-6-3-1-2-4-7(6)14-15/h1-4H,5H2. The molecule has 15 heavy (non-hydrogen) atoms. The summed E-state index contributed by atoms with van der Waals surface area (Å²) in [5, 5.41) is 0. The molecule has 0 atom stereocenters. The molecule has 2 rings (SSSR count). The molecule has 0 N–H and O–H groups in total. The van der Waals surface area contributed by atoms with Crippen LogP contribution in [0.1, 0.15) is 0 Å². The molecule has 0 fully saturated rings. The summed E-state index contributed by atoms with van der Waals surface area (Å²) in [4.78, 5) is 0. The average molecular weight is 238 g/mol. The molecule has 1 aromatic rings. The molecule has 1 aromatic carbocycles. The molecule has 0 amide bonds. The van der Waals surface area contributed by atoms with E-state index in [1.807, 2.05) is 0 Å². The fourth-order valence-corrected chi connectivity index (χ4v) is 1.98. The van der Waals surface area contributed by atoms with Gasteiger partial charge in [0.25, 0.3) is 0 Å². The van der Waals surface area contributed by atoms with Gasteiger partial charge in [-0.1, -0.05) is 12.1 Å². The normalized spacial score (nSPS) is 15.7. The van der Waals surface area contributed by atoms with E-state index in [0.29, 0.717) is 11.5 Å². The molecule has 3 nitrogen and oxygen atoms in total. The quantitative estimate of drug-likeness (QED) is 0.740. The molecule has 0 bridgehead atoms. The van der Waals surface area contributed by atoms with Gasteiger partial charge < -0.3 is 9.05 Å². The van der Waals surface area contributed by atoms with Crippen molar-refractivity contribution in [1.82, 2.24) is 0 Å². The fourth-order valence-electron chi connectivity index (χ4n) is 0.959. The first kappa shape index (κ1) is 10.5. The molecule has 1 aliphatic heterocycles. The zero-order chi connectivity index (χ0) is 10.9. The van der Waals surface area contributed by atoms with Gasteiger partial charge in [-0.3, -0.25) is 4.52 Å². The maximum absolute atomic E-state index is 11.8. The Labute approximate surface area is 84.8 Å². The van der Waals surface area contributed by atoms with Gasteiger partial charge in [0.15, 0.2) is 18.1 Å². The van der Waals surface area contributed by atoms with Crippen molar-refractivity contribution in [1.29, 1.82) is 0 Å². The Kier molecular flexibility index (Phi) is 2.71. The van der Waals surface area contributed by atoms with Gasteiger partial charge in [0, 0.05) is 0 Å². The molecule has 0 aromatic heterocycles. The van der Waals surface area contributed by atoms with Gasteiger partial charge in [-0.05, 0) is 12.1 Å². The second-order valence-electron chi connectivity index (χ2n) is 2.74. The van der Waals surface area contributed by atoms with Crippen LogP contribution in [0.2, 0.25) is 0 Å². The van der Waals surface area contributed by atoms with E-state index in [1.165, 1.54) is 0 Å². The number of fused-ring (bicyclic) bond motifs is 1. The first-order chi connectivity index (χ1) is 7.04. The predicted octanol–water partition coefficient (Wildman–Crippen LogP) is 3.26. The molecule has 0 saturated heterocycles. The van der Waals surface area contributed by atoms with Crippen molar-refractivity contribution in [3.63, 3.8) is 0 Å². The predicted molar refractivity (Wildman–Crippen MR) is 46.6 cm³/mol. The smallest absolute Gasteiger partial charge is 0.414 e. The van der Waals surface area contributed by atoms with Gasteiger partial charge in [-0.25, -0.2) is 0 Å². The van der Waals surface area contributed by atoms with Crippen LogP contribution in [0, 0.1) is 0 Å². The number of halogens is 3. The van der Waals surface area contributed by atoms with Gasteiger partial charge in [-0.2, -0.15) is 13.2 Å². The van der Waals surface area contributed by atoms with Crippen molar-refractivity contribution >= 4 is 8.60 Å². The average Bonchev–Trinajstić information content (AvgIpc) is 2.56. The van der Waals surface area contributed by atoms with Crippen LogP contribution in [-0.4, -0.2) is 12.8 Å². The first-order valence-corrected chi connectivity index (χ1v) is 5.09. The highest BCUT2D eigenvalue weighted by atomic mass is 31.2. The van der Waals surface area contributed by atoms with Gasteiger partial charge >= 0.3 is 14.8 Å². The van der Waals surface area contributed by atoms with Gasteiger partial charge in [0.05, 0.1) is 0 Å². The summed E-state index contributed by atoms with van der Waals surface area (Å²) in [5.41, 5.74) is 0. The molecule has 82 valence electrons. The molecule has 7 heteroatoms. The Balaban J connectivity index is 1.91. The van der Waals surface area contributed by atoms with Crippen LogP contribution < -0.4 is 9.05 Å². The number of hydrogen-bond donors (Lipinski definition) is 0. The molecule has 0 radical (unpaired) electrons. The Bertz CT molecular complexity index is 330. The maximum atomic E-state index is 11.8. The van der Waals surface area contributed by atoms with Crippen LogP contribution in [-0.2, 0) is 4.52 Å². The Morgan fingerprint density at radius 2 is 1.67 bits per heavy atom. The Hall–Kier alpha value is -1.00. The van der Waals surface area contributed by atoms with Crippen molar-refractivity contribution in [3.05, 3.63) is 24.3 Å². The lowest BCUT2D eigenvalue weighted by Crippen LogP contribution is -2.15. The van der Waals surface area contributed by atoms with E-state index >= 15 is 0 Å². The highest BCUT2D eigenvalue weighted by Gasteiger charge is 2.34. The number of para-hydroxylation sites is 2. The topological polar surface area (TPSA) is 27.7 Å². The largest absolute Gasteiger partial charge is 0.463 e. The minimum Gasteiger partial charge on any atom is -0.414 e. The molecule has 1 aliphatic rings. The number of hydrogen-bond acceptors (Lipinski definition) is 3. The summed E-state index contributed by atoms with van der Waals surface area (Å²) in [5.74, 6) is 0.816. The van der Waals surface area contributed by atoms with Gasteiger partial charge in [-0.15, -0.1) is 0 Å². The Morgan fingerprint density at radius 3 is 2.13 bits per heavy atom. The first-order valence-electron chi connectivity index (χ1n) is 3.99. The van der Waals surface area contributed by atoms with E-state index in [4.69, 9.17) is 9.05 Å². The summed E-state index contributed by atoms with van der Waals surface area (Å²) in [6.45, 7) is -1.37. The number of alkyl halides is 3. The van der Waals surface area contributed by atoms with Crippen molar-refractivity contribution in [2.75, 3.05) is 6.61 Å². The summed E-state index contributed by atoms with van der Waals surface area (Å²) < 4.78 is 49.9. The molecule has 0 unspecified atom stereocenters. The van der Waals surface area contributed by atoms with E-state index in [2.05, 4.69) is 4.52 Å². The molecule has 0 aliphatic carbocycles. The van der Waals surface area contributed by atoms with Crippen LogP contribution in [0.25, 0.3) is 0 Å². The maximum Gasteiger partial charge on any atom is 0.463 e. The van der Waals surface area contributed by atoms with Crippen molar-refractivity contribution < 1.29 is 26.7 Å². The lowest BCUT2D eigenvalue weighted by atomic mass is 10.3. The van der Waals surface area contributed by atoms with Crippen LogP contribution in [0.4, 0.5) is 13.2 Å². The van der Waals surface area contributed by atoms with E-state index in [-0.39, 0.29) is 0 Å². The van der Waals surface area contributed by atoms with Gasteiger partial charge in [0.1, 0.15) is 0 Å². The van der Waals surface area contributed by atoms with E-state index < -0.39 is 21.4 Å². The third kappa shape index (κ3) is 2.73. The number of benzene rings is 1. The zero-order valence-corrected chi connectivity index (χ0v) is 8.22. The molecule has 0 saturated carbocycles. The molecule has 1 heterocycles. The van der Waals surface area contributed by atoms with Crippen molar-refractivity contribution in [2.24, 2.45) is 0 Å². The third-order valence-electron chi connectivity index (χ3n) is 1.53. The zero-order valence-electron chi connectivity index (χ0n) is 7.32. The van der Waals surface area contributed by atoms with E-state index in [1.54, 1.807) is 24.3 Å². The second-order valence-corrected chi connectivity index (χ2v) is 3.81. The van der Waals surface area contributed by atoms with Gasteiger partial charge in [0.2, 0.25) is 0 Å². The highest BCUT2D eigenvalue weighted by Crippen LogP contribution is 2.52. The lowest BCUT2D eigenvalue weighted by molar-refractivity contribution is -0.154. The summed E-state index contributed by atoms with van der Waals surface area (Å²) in [6, 6.07) is 6.61.